The molecule has 0 aliphatic carbocycles. The van der Waals surface area contributed by atoms with Gasteiger partial charge in [-0.2, -0.15) is 10.5 Å². The van der Waals surface area contributed by atoms with Crippen molar-refractivity contribution in [3.63, 3.8) is 0 Å². The molecule has 0 atom stereocenters. The Morgan fingerprint density at radius 1 is 0.347 bits per heavy atom. The van der Waals surface area contributed by atoms with Gasteiger partial charge in [0.1, 0.15) is 0 Å². The molecule has 0 N–H and O–H groups in total. The molecule has 0 fully saturated rings. The number of nitriles is 2. The van der Waals surface area contributed by atoms with Crippen LogP contribution < -0.4 is 0 Å². The second kappa shape index (κ2) is 10.2. The molecule has 7 aromatic carbocycles. The highest BCUT2D eigenvalue weighted by Crippen LogP contribution is 2.46. The summed E-state index contributed by atoms with van der Waals surface area (Å²) < 4.78 is 7.04. The molecular weight excluding hydrogens is 599 g/mol. The van der Waals surface area contributed by atoms with E-state index in [0.29, 0.717) is 11.1 Å². The number of rotatable bonds is 3. The van der Waals surface area contributed by atoms with E-state index in [4.69, 9.17) is 0 Å². The zero-order valence-electron chi connectivity index (χ0n) is 26.2. The molecule has 0 unspecified atom stereocenters. The van der Waals surface area contributed by atoms with Crippen LogP contribution in [-0.4, -0.2) is 13.7 Å². The first-order chi connectivity index (χ1) is 24.2. The minimum atomic E-state index is 0.610. The molecule has 226 valence electrons. The molecule has 0 bridgehead atoms. The van der Waals surface area contributed by atoms with Crippen LogP contribution in [0.15, 0.2) is 152 Å². The molecule has 0 radical (unpaired) electrons. The van der Waals surface area contributed by atoms with Crippen molar-refractivity contribution in [2.75, 3.05) is 0 Å². The summed E-state index contributed by atoms with van der Waals surface area (Å²) in [5.74, 6) is 0. The number of hydrogen-bond donors (Lipinski definition) is 0. The number of hydrogen-bond acceptors (Lipinski definition) is 2. The zero-order chi connectivity index (χ0) is 32.6. The minimum Gasteiger partial charge on any atom is -0.309 e. The number of fused-ring (bicyclic) bond motifs is 11. The average molecular weight is 624 g/mol. The largest absolute Gasteiger partial charge is 0.309 e. The zero-order valence-corrected chi connectivity index (χ0v) is 26.2. The van der Waals surface area contributed by atoms with E-state index in [1.807, 2.05) is 42.5 Å². The highest BCUT2D eigenvalue weighted by molar-refractivity contribution is 6.31. The smallest absolute Gasteiger partial charge is 0.0991 e. The van der Waals surface area contributed by atoms with Crippen LogP contribution in [0.5, 0.6) is 0 Å². The number of benzene rings is 7. The molecule has 0 amide bonds. The fraction of sp³-hybridized carbons (Fsp3) is 0. The first kappa shape index (κ1) is 27.1. The lowest BCUT2D eigenvalue weighted by Gasteiger charge is -2.11. The Balaban J connectivity index is 1.46. The van der Waals surface area contributed by atoms with Crippen LogP contribution in [-0.2, 0) is 0 Å². The van der Waals surface area contributed by atoms with Gasteiger partial charge in [-0.1, -0.05) is 66.7 Å². The van der Waals surface area contributed by atoms with Gasteiger partial charge in [0.05, 0.1) is 56.4 Å². The fourth-order valence-corrected chi connectivity index (χ4v) is 7.87. The summed E-state index contributed by atoms with van der Waals surface area (Å²) in [7, 11) is 0. The van der Waals surface area contributed by atoms with Crippen LogP contribution in [0.25, 0.3) is 82.5 Å². The van der Waals surface area contributed by atoms with Crippen molar-refractivity contribution in [1.82, 2.24) is 13.7 Å². The van der Waals surface area contributed by atoms with Gasteiger partial charge in [-0.15, -0.1) is 0 Å². The molecular formula is C44H25N5. The van der Waals surface area contributed by atoms with Gasteiger partial charge in [0.2, 0.25) is 0 Å². The summed E-state index contributed by atoms with van der Waals surface area (Å²) >= 11 is 0. The Labute approximate surface area is 280 Å². The first-order valence-corrected chi connectivity index (χ1v) is 16.2. The minimum absolute atomic E-state index is 0.610. The third-order valence-electron chi connectivity index (χ3n) is 9.86. The molecule has 5 nitrogen and oxygen atoms in total. The van der Waals surface area contributed by atoms with Crippen molar-refractivity contribution in [1.29, 1.82) is 10.5 Å². The summed E-state index contributed by atoms with van der Waals surface area (Å²) in [6.45, 7) is 0. The highest BCUT2D eigenvalue weighted by atomic mass is 15.0. The summed E-state index contributed by atoms with van der Waals surface area (Å²) in [5.41, 5.74) is 10.9. The van der Waals surface area contributed by atoms with Crippen molar-refractivity contribution in [2.45, 2.75) is 0 Å². The molecule has 3 heterocycles. The average Bonchev–Trinajstić information content (AvgIpc) is 3.80. The third kappa shape index (κ3) is 3.73. The first-order valence-electron chi connectivity index (χ1n) is 16.2. The maximum atomic E-state index is 10.0. The summed E-state index contributed by atoms with van der Waals surface area (Å²) in [6, 6.07) is 57.0. The molecule has 0 aliphatic heterocycles. The van der Waals surface area contributed by atoms with Crippen molar-refractivity contribution < 1.29 is 0 Å². The van der Waals surface area contributed by atoms with Crippen LogP contribution in [0, 0.1) is 22.7 Å². The Kier molecular flexibility index (Phi) is 5.64. The van der Waals surface area contributed by atoms with Crippen molar-refractivity contribution in [3.8, 4) is 29.2 Å². The van der Waals surface area contributed by atoms with Gasteiger partial charge in [-0.05, 0) is 84.9 Å². The Morgan fingerprint density at radius 3 is 1.43 bits per heavy atom. The maximum Gasteiger partial charge on any atom is 0.0991 e. The molecule has 10 aromatic rings. The lowest BCUT2D eigenvalue weighted by molar-refractivity contribution is 1.17. The van der Waals surface area contributed by atoms with E-state index in [1.165, 1.54) is 16.2 Å². The molecule has 0 saturated carbocycles. The van der Waals surface area contributed by atoms with Gasteiger partial charge in [-0.3, -0.25) is 0 Å². The van der Waals surface area contributed by atoms with E-state index in [9.17, 15) is 10.5 Å². The molecule has 0 spiro atoms. The van der Waals surface area contributed by atoms with E-state index in [0.717, 1.165) is 66.3 Å². The van der Waals surface area contributed by atoms with Crippen LogP contribution in [0.3, 0.4) is 0 Å². The number of para-hydroxylation sites is 3. The summed E-state index contributed by atoms with van der Waals surface area (Å²) in [5, 5.41) is 26.3. The quantitative estimate of drug-likeness (QED) is 0.197. The summed E-state index contributed by atoms with van der Waals surface area (Å²) in [6.07, 6.45) is 0. The molecule has 0 saturated heterocycles. The van der Waals surface area contributed by atoms with Crippen LogP contribution in [0.4, 0.5) is 0 Å². The topological polar surface area (TPSA) is 62.4 Å². The van der Waals surface area contributed by atoms with Gasteiger partial charge in [0.15, 0.2) is 0 Å². The predicted molar refractivity (Wildman–Crippen MR) is 199 cm³/mol. The van der Waals surface area contributed by atoms with E-state index in [-0.39, 0.29) is 0 Å². The molecule has 0 aliphatic rings. The van der Waals surface area contributed by atoms with E-state index < -0.39 is 0 Å². The second-order valence-electron chi connectivity index (χ2n) is 12.4. The normalized spacial score (nSPS) is 11.6. The van der Waals surface area contributed by atoms with Crippen molar-refractivity contribution in [3.05, 3.63) is 163 Å². The van der Waals surface area contributed by atoms with Crippen LogP contribution >= 0.6 is 0 Å². The maximum absolute atomic E-state index is 10.0. The SMILES string of the molecule is N#Cc1ccc(-n2c3ccc(C#N)cc3c3c2ccc2c4ccc5c(c6ccccc6n5-c5ccccc5)c4n(-c4ccccc4)c23)cc1. The third-order valence-corrected chi connectivity index (χ3v) is 9.86. The van der Waals surface area contributed by atoms with E-state index in [2.05, 4.69) is 135 Å². The van der Waals surface area contributed by atoms with E-state index >= 15 is 0 Å². The Hall–Kier alpha value is -7.08. The fourth-order valence-electron chi connectivity index (χ4n) is 7.87. The highest BCUT2D eigenvalue weighted by Gasteiger charge is 2.24. The molecule has 3 aromatic heterocycles. The van der Waals surface area contributed by atoms with Gasteiger partial charge >= 0.3 is 0 Å². The lowest BCUT2D eigenvalue weighted by Crippen LogP contribution is -1.96. The Bertz CT molecular complexity index is 3040. The monoisotopic (exact) mass is 623 g/mol. The standard InChI is InChI=1S/C44H25N5/c45-26-28-15-18-32(19-16-28)48-38-22-17-29(27-46)25-36(38)42-40(48)24-21-34-33-20-23-39-41(43(33)49(44(34)42)31-11-5-2-6-12-31)35-13-7-8-14-37(35)47(39)30-9-3-1-4-10-30/h1-25H. The molecule has 49 heavy (non-hydrogen) atoms. The van der Waals surface area contributed by atoms with E-state index in [1.54, 1.807) is 0 Å². The van der Waals surface area contributed by atoms with Gasteiger partial charge in [0, 0.05) is 49.4 Å². The van der Waals surface area contributed by atoms with Gasteiger partial charge < -0.3 is 13.7 Å². The van der Waals surface area contributed by atoms with Gasteiger partial charge in [0.25, 0.3) is 0 Å². The molecule has 10 rings (SSSR count). The van der Waals surface area contributed by atoms with Gasteiger partial charge in [-0.25, -0.2) is 0 Å². The van der Waals surface area contributed by atoms with Crippen LogP contribution in [0.1, 0.15) is 11.1 Å². The van der Waals surface area contributed by atoms with Crippen LogP contribution in [0.2, 0.25) is 0 Å². The number of nitrogens with zero attached hydrogens (tertiary/aromatic N) is 5. The second-order valence-corrected chi connectivity index (χ2v) is 12.4. The molecule has 5 heteroatoms. The predicted octanol–water partition coefficient (Wildman–Crippen LogP) is 10.7. The number of aromatic nitrogens is 3. The Morgan fingerprint density at radius 2 is 0.816 bits per heavy atom. The summed E-state index contributed by atoms with van der Waals surface area (Å²) in [4.78, 5) is 0. The van der Waals surface area contributed by atoms with Crippen molar-refractivity contribution in [2.24, 2.45) is 0 Å². The van der Waals surface area contributed by atoms with Crippen molar-refractivity contribution >= 4 is 65.4 Å². The lowest BCUT2D eigenvalue weighted by atomic mass is 10.1.